The van der Waals surface area contributed by atoms with Gasteiger partial charge in [0.15, 0.2) is 0 Å². The smallest absolute Gasteiger partial charge is 0.138 e. The van der Waals surface area contributed by atoms with Gasteiger partial charge < -0.3 is 9.47 Å². The van der Waals surface area contributed by atoms with E-state index < -0.39 is 0 Å². The Kier molecular flexibility index (Phi) is 4.24. The van der Waals surface area contributed by atoms with Crippen molar-refractivity contribution in [1.82, 2.24) is 0 Å². The van der Waals surface area contributed by atoms with Crippen LogP contribution in [0.4, 0.5) is 0 Å². The van der Waals surface area contributed by atoms with Crippen molar-refractivity contribution in [2.24, 2.45) is 0 Å². The third-order valence-corrected chi connectivity index (χ3v) is 1.84. The SMILES string of the molecule is COCCOc1cc(Cl)ccc1C#N. The first-order valence-electron chi connectivity index (χ1n) is 4.09. The number of methoxy groups -OCH3 is 1. The van der Waals surface area contributed by atoms with E-state index in [9.17, 15) is 0 Å². The predicted octanol–water partition coefficient (Wildman–Crippen LogP) is 2.24. The van der Waals surface area contributed by atoms with Crippen LogP contribution in [0.15, 0.2) is 18.2 Å². The van der Waals surface area contributed by atoms with Crippen LogP contribution in [0.2, 0.25) is 5.02 Å². The van der Waals surface area contributed by atoms with Crippen molar-refractivity contribution in [3.63, 3.8) is 0 Å². The van der Waals surface area contributed by atoms with Gasteiger partial charge in [0.2, 0.25) is 0 Å². The maximum absolute atomic E-state index is 8.76. The van der Waals surface area contributed by atoms with Crippen molar-refractivity contribution in [3.8, 4) is 11.8 Å². The topological polar surface area (TPSA) is 42.2 Å². The van der Waals surface area contributed by atoms with Gasteiger partial charge in [0.1, 0.15) is 18.4 Å². The van der Waals surface area contributed by atoms with Gasteiger partial charge in [-0.15, -0.1) is 0 Å². The Morgan fingerprint density at radius 3 is 2.86 bits per heavy atom. The van der Waals surface area contributed by atoms with Gasteiger partial charge in [-0.25, -0.2) is 0 Å². The lowest BCUT2D eigenvalue weighted by Gasteiger charge is -2.06. The second kappa shape index (κ2) is 5.48. The monoisotopic (exact) mass is 211 g/mol. The fraction of sp³-hybridized carbons (Fsp3) is 0.300. The van der Waals surface area contributed by atoms with Crippen molar-refractivity contribution in [3.05, 3.63) is 28.8 Å². The molecule has 0 heterocycles. The summed E-state index contributed by atoms with van der Waals surface area (Å²) in [7, 11) is 1.59. The van der Waals surface area contributed by atoms with E-state index in [-0.39, 0.29) is 0 Å². The summed E-state index contributed by atoms with van der Waals surface area (Å²) in [5, 5.41) is 9.31. The summed E-state index contributed by atoms with van der Waals surface area (Å²) in [4.78, 5) is 0. The van der Waals surface area contributed by atoms with Gasteiger partial charge in [-0.1, -0.05) is 11.6 Å². The molecule has 0 saturated heterocycles. The molecule has 0 aromatic heterocycles. The lowest BCUT2D eigenvalue weighted by molar-refractivity contribution is 0.146. The van der Waals surface area contributed by atoms with E-state index in [0.717, 1.165) is 0 Å². The van der Waals surface area contributed by atoms with Crippen LogP contribution in [0, 0.1) is 11.3 Å². The number of halogens is 1. The van der Waals surface area contributed by atoms with Crippen LogP contribution in [0.1, 0.15) is 5.56 Å². The molecule has 1 rings (SSSR count). The van der Waals surface area contributed by atoms with E-state index in [4.69, 9.17) is 26.3 Å². The van der Waals surface area contributed by atoms with Crippen molar-refractivity contribution in [2.45, 2.75) is 0 Å². The Labute approximate surface area is 87.8 Å². The largest absolute Gasteiger partial charge is 0.490 e. The molecule has 4 heteroatoms. The summed E-state index contributed by atoms with van der Waals surface area (Å²) in [6.07, 6.45) is 0. The molecule has 74 valence electrons. The van der Waals surface area contributed by atoms with E-state index in [2.05, 4.69) is 0 Å². The Bertz CT molecular complexity index is 346. The zero-order valence-corrected chi connectivity index (χ0v) is 8.54. The first kappa shape index (κ1) is 10.8. The normalized spacial score (nSPS) is 9.50. The molecule has 14 heavy (non-hydrogen) atoms. The van der Waals surface area contributed by atoms with Gasteiger partial charge in [0, 0.05) is 18.2 Å². The molecule has 0 atom stereocenters. The summed E-state index contributed by atoms with van der Waals surface area (Å²) >= 11 is 5.77. The van der Waals surface area contributed by atoms with Gasteiger partial charge in [-0.05, 0) is 12.1 Å². The molecule has 0 aliphatic heterocycles. The number of nitrogens with zero attached hydrogens (tertiary/aromatic N) is 1. The van der Waals surface area contributed by atoms with E-state index in [1.165, 1.54) is 0 Å². The molecule has 0 bridgehead atoms. The van der Waals surface area contributed by atoms with Gasteiger partial charge in [-0.3, -0.25) is 0 Å². The lowest BCUT2D eigenvalue weighted by Crippen LogP contribution is -2.05. The molecule has 0 spiro atoms. The molecule has 0 aliphatic carbocycles. The van der Waals surface area contributed by atoms with Crippen molar-refractivity contribution >= 4 is 11.6 Å². The average Bonchev–Trinajstić information content (AvgIpc) is 2.19. The van der Waals surface area contributed by atoms with Crippen molar-refractivity contribution < 1.29 is 9.47 Å². The molecule has 1 aromatic carbocycles. The van der Waals surface area contributed by atoms with Gasteiger partial charge in [0.05, 0.1) is 12.2 Å². The maximum Gasteiger partial charge on any atom is 0.138 e. The zero-order valence-electron chi connectivity index (χ0n) is 7.79. The minimum absolute atomic E-state index is 0.408. The van der Waals surface area contributed by atoms with Crippen molar-refractivity contribution in [2.75, 3.05) is 20.3 Å². The Morgan fingerprint density at radius 2 is 2.21 bits per heavy atom. The van der Waals surface area contributed by atoms with Crippen LogP contribution >= 0.6 is 11.6 Å². The number of nitriles is 1. The maximum atomic E-state index is 8.76. The second-order valence-corrected chi connectivity index (χ2v) is 3.03. The summed E-state index contributed by atoms with van der Waals surface area (Å²) in [6.45, 7) is 0.892. The highest BCUT2D eigenvalue weighted by Gasteiger charge is 2.03. The molecule has 0 aliphatic rings. The minimum atomic E-state index is 0.408. The molecule has 0 saturated carbocycles. The van der Waals surface area contributed by atoms with Gasteiger partial charge in [0.25, 0.3) is 0 Å². The quantitative estimate of drug-likeness (QED) is 0.718. The number of hydrogen-bond donors (Lipinski definition) is 0. The summed E-state index contributed by atoms with van der Waals surface area (Å²) in [6, 6.07) is 6.93. The molecule has 0 amide bonds. The first-order chi connectivity index (χ1) is 6.77. The van der Waals surface area contributed by atoms with E-state index >= 15 is 0 Å². The molecule has 0 fully saturated rings. The predicted molar refractivity (Wildman–Crippen MR) is 53.5 cm³/mol. The molecular formula is C10H10ClNO2. The standard InChI is InChI=1S/C10H10ClNO2/c1-13-4-5-14-10-6-9(11)3-2-8(10)7-12/h2-3,6H,4-5H2,1H3. The molecule has 0 radical (unpaired) electrons. The number of rotatable bonds is 4. The highest BCUT2D eigenvalue weighted by Crippen LogP contribution is 2.22. The van der Waals surface area contributed by atoms with Crippen LogP contribution in [-0.4, -0.2) is 20.3 Å². The van der Waals surface area contributed by atoms with Crippen LogP contribution in [0.5, 0.6) is 5.75 Å². The Balaban J connectivity index is 2.73. The lowest BCUT2D eigenvalue weighted by atomic mass is 10.2. The third-order valence-electron chi connectivity index (χ3n) is 1.61. The Hall–Kier alpha value is -1.24. The van der Waals surface area contributed by atoms with Crippen LogP contribution < -0.4 is 4.74 Å². The van der Waals surface area contributed by atoms with Gasteiger partial charge in [-0.2, -0.15) is 5.26 Å². The molecule has 3 nitrogen and oxygen atoms in total. The zero-order chi connectivity index (χ0) is 10.4. The average molecular weight is 212 g/mol. The number of ether oxygens (including phenoxy) is 2. The van der Waals surface area contributed by atoms with Crippen LogP contribution in [-0.2, 0) is 4.74 Å². The second-order valence-electron chi connectivity index (χ2n) is 2.59. The first-order valence-corrected chi connectivity index (χ1v) is 4.47. The molecule has 1 aromatic rings. The highest BCUT2D eigenvalue weighted by atomic mass is 35.5. The fourth-order valence-electron chi connectivity index (χ4n) is 0.943. The molecular weight excluding hydrogens is 202 g/mol. The third kappa shape index (κ3) is 2.91. The summed E-state index contributed by atoms with van der Waals surface area (Å²) < 4.78 is 10.1. The minimum Gasteiger partial charge on any atom is -0.490 e. The highest BCUT2D eigenvalue weighted by molar-refractivity contribution is 6.30. The molecule has 0 unspecified atom stereocenters. The van der Waals surface area contributed by atoms with Crippen molar-refractivity contribution in [1.29, 1.82) is 5.26 Å². The fourth-order valence-corrected chi connectivity index (χ4v) is 1.11. The van der Waals surface area contributed by atoms with Gasteiger partial charge >= 0.3 is 0 Å². The summed E-state index contributed by atoms with van der Waals surface area (Å²) in [5.74, 6) is 0.497. The van der Waals surface area contributed by atoms with E-state index in [1.807, 2.05) is 6.07 Å². The van der Waals surface area contributed by atoms with E-state index in [0.29, 0.717) is 29.5 Å². The summed E-state index contributed by atoms with van der Waals surface area (Å²) in [5.41, 5.74) is 0.477. The number of benzene rings is 1. The Morgan fingerprint density at radius 1 is 1.43 bits per heavy atom. The molecule has 0 N–H and O–H groups in total. The van der Waals surface area contributed by atoms with E-state index in [1.54, 1.807) is 25.3 Å². The number of hydrogen-bond acceptors (Lipinski definition) is 3. The van der Waals surface area contributed by atoms with Crippen LogP contribution in [0.3, 0.4) is 0 Å². The van der Waals surface area contributed by atoms with Crippen LogP contribution in [0.25, 0.3) is 0 Å².